The van der Waals surface area contributed by atoms with Gasteiger partial charge in [0.2, 0.25) is 0 Å². The number of carbonyl (C=O) groups excluding carboxylic acids is 1. The second kappa shape index (κ2) is 7.64. The summed E-state index contributed by atoms with van der Waals surface area (Å²) in [6.07, 6.45) is 5.54. The van der Waals surface area contributed by atoms with Crippen LogP contribution in [0.25, 0.3) is 0 Å². The van der Waals surface area contributed by atoms with E-state index < -0.39 is 5.97 Å². The number of aliphatic carboxylic acids is 1. The molecule has 21 heavy (non-hydrogen) atoms. The molecule has 0 aromatic carbocycles. The molecule has 2 saturated heterocycles. The van der Waals surface area contributed by atoms with Crippen molar-refractivity contribution in [3.63, 3.8) is 0 Å². The summed E-state index contributed by atoms with van der Waals surface area (Å²) in [6.45, 7) is 2.27. The van der Waals surface area contributed by atoms with Gasteiger partial charge in [0.25, 0.3) is 0 Å². The van der Waals surface area contributed by atoms with Crippen LogP contribution in [0.15, 0.2) is 0 Å². The third-order valence-electron chi connectivity index (χ3n) is 4.61. The van der Waals surface area contributed by atoms with Gasteiger partial charge in [-0.1, -0.05) is 0 Å². The van der Waals surface area contributed by atoms with Gasteiger partial charge < -0.3 is 20.0 Å². The number of carboxylic acids is 1. The lowest BCUT2D eigenvalue weighted by Crippen LogP contribution is -2.53. The van der Waals surface area contributed by atoms with Crippen LogP contribution < -0.4 is 0 Å². The minimum Gasteiger partial charge on any atom is -0.481 e. The summed E-state index contributed by atoms with van der Waals surface area (Å²) < 4.78 is 0. The van der Waals surface area contributed by atoms with Gasteiger partial charge in [-0.15, -0.1) is 0 Å². The first-order chi connectivity index (χ1) is 10.1. The van der Waals surface area contributed by atoms with E-state index in [0.29, 0.717) is 19.0 Å². The predicted octanol–water partition coefficient (Wildman–Crippen LogP) is 1.53. The molecule has 0 aliphatic carbocycles. The number of aliphatic hydroxyl groups excluding tert-OH is 1. The summed E-state index contributed by atoms with van der Waals surface area (Å²) in [7, 11) is 0. The number of piperidine rings is 2. The van der Waals surface area contributed by atoms with Gasteiger partial charge >= 0.3 is 12.0 Å². The van der Waals surface area contributed by atoms with Gasteiger partial charge in [0.1, 0.15) is 0 Å². The highest BCUT2D eigenvalue weighted by Crippen LogP contribution is 2.25. The Bertz CT molecular complexity index is 373. The summed E-state index contributed by atoms with van der Waals surface area (Å²) in [5, 5.41) is 18.1. The van der Waals surface area contributed by atoms with E-state index in [1.807, 2.05) is 4.90 Å². The number of hydrogen-bond donors (Lipinski definition) is 2. The Morgan fingerprint density at radius 2 is 1.90 bits per heavy atom. The van der Waals surface area contributed by atoms with Crippen LogP contribution in [0.3, 0.4) is 0 Å². The van der Waals surface area contributed by atoms with Crippen molar-refractivity contribution in [2.45, 2.75) is 51.0 Å². The van der Waals surface area contributed by atoms with Crippen LogP contribution in [0.5, 0.6) is 0 Å². The molecule has 6 nitrogen and oxygen atoms in total. The Labute approximate surface area is 125 Å². The minimum absolute atomic E-state index is 0.0106. The van der Waals surface area contributed by atoms with Crippen molar-refractivity contribution in [3.8, 4) is 0 Å². The van der Waals surface area contributed by atoms with Crippen molar-refractivity contribution in [2.75, 3.05) is 26.2 Å². The monoisotopic (exact) mass is 298 g/mol. The fraction of sp³-hybridized carbons (Fsp3) is 0.867. The number of rotatable bonds is 4. The van der Waals surface area contributed by atoms with Gasteiger partial charge in [-0.2, -0.15) is 0 Å². The number of aliphatic hydroxyl groups is 1. The quantitative estimate of drug-likeness (QED) is 0.824. The van der Waals surface area contributed by atoms with Crippen LogP contribution in [0, 0.1) is 5.92 Å². The van der Waals surface area contributed by atoms with E-state index in [1.165, 1.54) is 0 Å². The summed E-state index contributed by atoms with van der Waals surface area (Å²) in [6, 6.07) is -0.175. The van der Waals surface area contributed by atoms with E-state index in [-0.39, 0.29) is 25.1 Å². The lowest BCUT2D eigenvalue weighted by Gasteiger charge is -2.41. The largest absolute Gasteiger partial charge is 0.481 e. The molecule has 2 unspecified atom stereocenters. The van der Waals surface area contributed by atoms with Crippen molar-refractivity contribution in [3.05, 3.63) is 0 Å². The predicted molar refractivity (Wildman–Crippen MR) is 78.0 cm³/mol. The molecular formula is C15H26N2O4. The van der Waals surface area contributed by atoms with E-state index in [1.54, 1.807) is 4.90 Å². The molecule has 2 aliphatic heterocycles. The fourth-order valence-electron chi connectivity index (χ4n) is 3.50. The first-order valence-corrected chi connectivity index (χ1v) is 8.00. The first-order valence-electron chi connectivity index (χ1n) is 8.00. The van der Waals surface area contributed by atoms with E-state index >= 15 is 0 Å². The van der Waals surface area contributed by atoms with Gasteiger partial charge in [0.15, 0.2) is 0 Å². The Kier molecular flexibility index (Phi) is 5.85. The summed E-state index contributed by atoms with van der Waals surface area (Å²) in [4.78, 5) is 27.3. The van der Waals surface area contributed by atoms with Crippen LogP contribution in [0.4, 0.5) is 4.79 Å². The van der Waals surface area contributed by atoms with E-state index in [2.05, 4.69) is 0 Å². The molecule has 2 rings (SSSR count). The molecule has 0 bridgehead atoms. The van der Waals surface area contributed by atoms with Crippen LogP contribution in [-0.4, -0.2) is 64.3 Å². The Morgan fingerprint density at radius 1 is 1.10 bits per heavy atom. The maximum Gasteiger partial charge on any atom is 0.320 e. The number of likely N-dealkylation sites (tertiary alicyclic amines) is 2. The molecule has 2 fully saturated rings. The van der Waals surface area contributed by atoms with E-state index in [4.69, 9.17) is 10.2 Å². The zero-order chi connectivity index (χ0) is 15.2. The smallest absolute Gasteiger partial charge is 0.320 e. The molecule has 2 heterocycles. The van der Waals surface area contributed by atoms with Crippen molar-refractivity contribution in [2.24, 2.45) is 5.92 Å². The highest BCUT2D eigenvalue weighted by molar-refractivity contribution is 5.76. The van der Waals surface area contributed by atoms with Crippen molar-refractivity contribution in [1.82, 2.24) is 9.80 Å². The number of carbonyl (C=O) groups is 2. The Balaban J connectivity index is 1.97. The molecule has 0 radical (unpaired) electrons. The average Bonchev–Trinajstić information content (AvgIpc) is 2.47. The van der Waals surface area contributed by atoms with E-state index in [0.717, 1.165) is 45.1 Å². The summed E-state index contributed by atoms with van der Waals surface area (Å²) in [5.41, 5.74) is 0. The SMILES string of the molecule is O=C(O)CC1CCCCN1C(=O)N1CCCC(CCO)C1. The van der Waals surface area contributed by atoms with Gasteiger partial charge in [-0.05, 0) is 44.4 Å². The number of amides is 2. The standard InChI is InChI=1S/C15H26N2O4/c18-9-6-12-4-3-7-16(11-12)15(21)17-8-2-1-5-13(17)10-14(19)20/h12-13,18H,1-11H2,(H,19,20). The van der Waals surface area contributed by atoms with Gasteiger partial charge in [0, 0.05) is 32.3 Å². The second-order valence-corrected chi connectivity index (χ2v) is 6.19. The zero-order valence-electron chi connectivity index (χ0n) is 12.5. The average molecular weight is 298 g/mol. The Morgan fingerprint density at radius 3 is 2.62 bits per heavy atom. The normalized spacial score (nSPS) is 26.7. The van der Waals surface area contributed by atoms with Crippen LogP contribution in [0.1, 0.15) is 44.9 Å². The van der Waals surface area contributed by atoms with Crippen LogP contribution in [-0.2, 0) is 4.79 Å². The molecule has 2 amide bonds. The fourth-order valence-corrected chi connectivity index (χ4v) is 3.50. The lowest BCUT2D eigenvalue weighted by molar-refractivity contribution is -0.138. The topological polar surface area (TPSA) is 81.1 Å². The molecule has 120 valence electrons. The molecule has 2 aliphatic rings. The number of carboxylic acid groups (broad SMARTS) is 1. The summed E-state index contributed by atoms with van der Waals surface area (Å²) in [5.74, 6) is -0.466. The Hall–Kier alpha value is -1.30. The van der Waals surface area contributed by atoms with Gasteiger partial charge in [-0.25, -0.2) is 4.79 Å². The molecule has 2 atom stereocenters. The van der Waals surface area contributed by atoms with Crippen LogP contribution in [0.2, 0.25) is 0 Å². The molecule has 6 heteroatoms. The van der Waals surface area contributed by atoms with Gasteiger partial charge in [-0.3, -0.25) is 4.79 Å². The number of urea groups is 1. The maximum atomic E-state index is 12.7. The summed E-state index contributed by atoms with van der Waals surface area (Å²) >= 11 is 0. The molecular weight excluding hydrogens is 272 g/mol. The highest BCUT2D eigenvalue weighted by Gasteiger charge is 2.33. The zero-order valence-corrected chi connectivity index (χ0v) is 12.5. The van der Waals surface area contributed by atoms with Crippen molar-refractivity contribution >= 4 is 12.0 Å². The maximum absolute atomic E-state index is 12.7. The first kappa shape index (κ1) is 16.1. The molecule has 0 aromatic heterocycles. The third kappa shape index (κ3) is 4.33. The second-order valence-electron chi connectivity index (χ2n) is 6.19. The van der Waals surface area contributed by atoms with Gasteiger partial charge in [0.05, 0.1) is 6.42 Å². The molecule has 0 saturated carbocycles. The van der Waals surface area contributed by atoms with Crippen molar-refractivity contribution in [1.29, 1.82) is 0 Å². The number of hydrogen-bond acceptors (Lipinski definition) is 3. The third-order valence-corrected chi connectivity index (χ3v) is 4.61. The molecule has 0 spiro atoms. The lowest BCUT2D eigenvalue weighted by atomic mass is 9.95. The van der Waals surface area contributed by atoms with Crippen LogP contribution >= 0.6 is 0 Å². The number of nitrogens with zero attached hydrogens (tertiary/aromatic N) is 2. The molecule has 2 N–H and O–H groups in total. The highest BCUT2D eigenvalue weighted by atomic mass is 16.4. The van der Waals surface area contributed by atoms with E-state index in [9.17, 15) is 9.59 Å². The molecule has 0 aromatic rings. The minimum atomic E-state index is -0.837. The van der Waals surface area contributed by atoms with Crippen molar-refractivity contribution < 1.29 is 19.8 Å².